The van der Waals surface area contributed by atoms with Gasteiger partial charge in [0.2, 0.25) is 5.91 Å². The van der Waals surface area contributed by atoms with E-state index in [4.69, 9.17) is 9.47 Å². The van der Waals surface area contributed by atoms with Crippen molar-refractivity contribution in [3.63, 3.8) is 0 Å². The summed E-state index contributed by atoms with van der Waals surface area (Å²) in [6.07, 6.45) is 0.137. The molecular formula is C15H17N3O4. The fraction of sp³-hybridized carbons (Fsp3) is 0.267. The molecule has 116 valence electrons. The standard InChI is InChI=1S/C15H17N3O4/c1-18-15(20)5-4-13(17-18)16-14(19)8-10-6-11(21-2)9-12(7-10)22-3/h4-7,9H,8H2,1-3H3,(H,16,17,19). The van der Waals surface area contributed by atoms with Gasteiger partial charge in [0.15, 0.2) is 5.82 Å². The van der Waals surface area contributed by atoms with E-state index < -0.39 is 0 Å². The van der Waals surface area contributed by atoms with Crippen molar-refractivity contribution in [3.05, 3.63) is 46.2 Å². The maximum atomic E-state index is 12.1. The number of aryl methyl sites for hydroxylation is 1. The zero-order chi connectivity index (χ0) is 16.1. The van der Waals surface area contributed by atoms with Crippen LogP contribution in [0.1, 0.15) is 5.56 Å². The number of anilines is 1. The van der Waals surface area contributed by atoms with Gasteiger partial charge in [-0.25, -0.2) is 4.68 Å². The van der Waals surface area contributed by atoms with Crippen LogP contribution < -0.4 is 20.3 Å². The number of carbonyl (C=O) groups excluding carboxylic acids is 1. The number of nitrogens with one attached hydrogen (secondary N) is 1. The maximum Gasteiger partial charge on any atom is 0.266 e. The molecule has 1 aromatic carbocycles. The van der Waals surface area contributed by atoms with Gasteiger partial charge in [-0.3, -0.25) is 9.59 Å². The van der Waals surface area contributed by atoms with Crippen molar-refractivity contribution in [2.75, 3.05) is 19.5 Å². The largest absolute Gasteiger partial charge is 0.497 e. The lowest BCUT2D eigenvalue weighted by molar-refractivity contribution is -0.115. The van der Waals surface area contributed by atoms with Crippen LogP contribution in [0.4, 0.5) is 5.82 Å². The van der Waals surface area contributed by atoms with E-state index in [-0.39, 0.29) is 17.9 Å². The van der Waals surface area contributed by atoms with Gasteiger partial charge in [-0.05, 0) is 23.8 Å². The van der Waals surface area contributed by atoms with Gasteiger partial charge in [-0.1, -0.05) is 0 Å². The molecule has 0 aliphatic carbocycles. The Labute approximate surface area is 127 Å². The van der Waals surface area contributed by atoms with E-state index >= 15 is 0 Å². The Hall–Kier alpha value is -2.83. The van der Waals surface area contributed by atoms with Gasteiger partial charge in [0, 0.05) is 19.2 Å². The first-order chi connectivity index (χ1) is 10.5. The molecule has 0 radical (unpaired) electrons. The van der Waals surface area contributed by atoms with Crippen molar-refractivity contribution in [1.29, 1.82) is 0 Å². The van der Waals surface area contributed by atoms with Crippen molar-refractivity contribution in [2.24, 2.45) is 7.05 Å². The normalized spacial score (nSPS) is 10.1. The van der Waals surface area contributed by atoms with Gasteiger partial charge in [0.25, 0.3) is 5.56 Å². The van der Waals surface area contributed by atoms with Gasteiger partial charge in [-0.2, -0.15) is 5.10 Å². The Bertz CT molecular complexity index is 718. The van der Waals surface area contributed by atoms with Gasteiger partial charge < -0.3 is 14.8 Å². The Morgan fingerprint density at radius 1 is 1.18 bits per heavy atom. The zero-order valence-electron chi connectivity index (χ0n) is 12.6. The average Bonchev–Trinajstić information content (AvgIpc) is 2.50. The predicted octanol–water partition coefficient (Wildman–Crippen LogP) is 0.979. The number of nitrogens with zero attached hydrogens (tertiary/aromatic N) is 2. The summed E-state index contributed by atoms with van der Waals surface area (Å²) in [6, 6.07) is 8.06. The van der Waals surface area contributed by atoms with E-state index in [1.165, 1.54) is 19.2 Å². The molecule has 7 nitrogen and oxygen atoms in total. The molecule has 2 rings (SSSR count). The highest BCUT2D eigenvalue weighted by Gasteiger charge is 2.09. The Morgan fingerprint density at radius 2 is 1.82 bits per heavy atom. The van der Waals surface area contributed by atoms with Crippen LogP contribution in [0.15, 0.2) is 35.1 Å². The monoisotopic (exact) mass is 303 g/mol. The lowest BCUT2D eigenvalue weighted by Gasteiger charge is -2.09. The van der Waals surface area contributed by atoms with E-state index in [2.05, 4.69) is 10.4 Å². The van der Waals surface area contributed by atoms with Crippen molar-refractivity contribution in [2.45, 2.75) is 6.42 Å². The summed E-state index contributed by atoms with van der Waals surface area (Å²) in [5.74, 6) is 1.30. The third-order valence-corrected chi connectivity index (χ3v) is 3.00. The number of carbonyl (C=O) groups is 1. The second kappa shape index (κ2) is 6.75. The van der Waals surface area contributed by atoms with Gasteiger partial charge in [0.05, 0.1) is 20.6 Å². The first kappa shape index (κ1) is 15.6. The van der Waals surface area contributed by atoms with Crippen LogP contribution in [0, 0.1) is 0 Å². The molecule has 0 fully saturated rings. The molecule has 7 heteroatoms. The molecule has 22 heavy (non-hydrogen) atoms. The van der Waals surface area contributed by atoms with E-state index in [1.807, 2.05) is 0 Å². The van der Waals surface area contributed by atoms with Gasteiger partial charge >= 0.3 is 0 Å². The van der Waals surface area contributed by atoms with Gasteiger partial charge in [-0.15, -0.1) is 0 Å². The second-order valence-electron chi connectivity index (χ2n) is 4.63. The van der Waals surface area contributed by atoms with Crippen LogP contribution in [0.5, 0.6) is 11.5 Å². The Morgan fingerprint density at radius 3 is 2.36 bits per heavy atom. The number of rotatable bonds is 5. The second-order valence-corrected chi connectivity index (χ2v) is 4.63. The smallest absolute Gasteiger partial charge is 0.266 e. The Balaban J connectivity index is 2.11. The molecule has 0 spiro atoms. The summed E-state index contributed by atoms with van der Waals surface area (Å²) in [6.45, 7) is 0. The molecule has 2 aromatic rings. The minimum atomic E-state index is -0.249. The van der Waals surface area contributed by atoms with Crippen LogP contribution in [0.3, 0.4) is 0 Å². The molecule has 1 amide bonds. The van der Waals surface area contributed by atoms with Crippen LogP contribution in [0.2, 0.25) is 0 Å². The molecule has 1 aromatic heterocycles. The predicted molar refractivity (Wildman–Crippen MR) is 81.4 cm³/mol. The van der Waals surface area contributed by atoms with E-state index in [9.17, 15) is 9.59 Å². The quantitative estimate of drug-likeness (QED) is 0.890. The average molecular weight is 303 g/mol. The van der Waals surface area contributed by atoms with Crippen molar-refractivity contribution < 1.29 is 14.3 Å². The first-order valence-electron chi connectivity index (χ1n) is 6.58. The third kappa shape index (κ3) is 3.85. The highest BCUT2D eigenvalue weighted by molar-refractivity contribution is 5.91. The highest BCUT2D eigenvalue weighted by atomic mass is 16.5. The molecule has 1 heterocycles. The topological polar surface area (TPSA) is 82.5 Å². The maximum absolute atomic E-state index is 12.1. The molecule has 0 unspecified atom stereocenters. The lowest BCUT2D eigenvalue weighted by atomic mass is 10.1. The van der Waals surface area contributed by atoms with Crippen LogP contribution in [-0.2, 0) is 18.3 Å². The molecular weight excluding hydrogens is 286 g/mol. The highest BCUT2D eigenvalue weighted by Crippen LogP contribution is 2.22. The lowest BCUT2D eigenvalue weighted by Crippen LogP contribution is -2.22. The summed E-state index contributed by atoms with van der Waals surface area (Å²) < 4.78 is 11.5. The van der Waals surface area contributed by atoms with E-state index in [1.54, 1.807) is 32.4 Å². The summed E-state index contributed by atoms with van der Waals surface area (Å²) in [5.41, 5.74) is 0.508. The van der Waals surface area contributed by atoms with Gasteiger partial charge in [0.1, 0.15) is 11.5 Å². The summed E-state index contributed by atoms with van der Waals surface area (Å²) in [4.78, 5) is 23.3. The Kier molecular flexibility index (Phi) is 4.77. The van der Waals surface area contributed by atoms with E-state index in [0.29, 0.717) is 17.3 Å². The van der Waals surface area contributed by atoms with Crippen LogP contribution in [-0.4, -0.2) is 29.9 Å². The summed E-state index contributed by atoms with van der Waals surface area (Å²) in [5, 5.41) is 6.59. The number of aromatic nitrogens is 2. The molecule has 0 aliphatic heterocycles. The number of ether oxygens (including phenoxy) is 2. The fourth-order valence-electron chi connectivity index (χ4n) is 1.91. The van der Waals surface area contributed by atoms with Crippen LogP contribution >= 0.6 is 0 Å². The summed E-state index contributed by atoms with van der Waals surface area (Å²) in [7, 11) is 4.62. The van der Waals surface area contributed by atoms with Crippen molar-refractivity contribution >= 4 is 11.7 Å². The third-order valence-electron chi connectivity index (χ3n) is 3.00. The number of hydrogen-bond acceptors (Lipinski definition) is 5. The minimum Gasteiger partial charge on any atom is -0.497 e. The van der Waals surface area contributed by atoms with Crippen molar-refractivity contribution in [1.82, 2.24) is 9.78 Å². The molecule has 0 aliphatic rings. The van der Waals surface area contributed by atoms with Crippen LogP contribution in [0.25, 0.3) is 0 Å². The molecule has 1 N–H and O–H groups in total. The molecule has 0 bridgehead atoms. The van der Waals surface area contributed by atoms with Crippen molar-refractivity contribution in [3.8, 4) is 11.5 Å². The molecule has 0 atom stereocenters. The summed E-state index contributed by atoms with van der Waals surface area (Å²) >= 11 is 0. The zero-order valence-corrected chi connectivity index (χ0v) is 12.6. The van der Waals surface area contributed by atoms with E-state index in [0.717, 1.165) is 10.2 Å². The first-order valence-corrected chi connectivity index (χ1v) is 6.58. The number of hydrogen-bond donors (Lipinski definition) is 1. The minimum absolute atomic E-state index is 0.137. The molecule has 0 saturated heterocycles. The SMILES string of the molecule is COc1cc(CC(=O)Nc2ccc(=O)n(C)n2)cc(OC)c1. The number of methoxy groups -OCH3 is 2. The number of benzene rings is 1. The number of amides is 1. The fourth-order valence-corrected chi connectivity index (χ4v) is 1.91. The molecule has 0 saturated carbocycles.